The van der Waals surface area contributed by atoms with Gasteiger partial charge in [0.05, 0.1) is 0 Å². The van der Waals surface area contributed by atoms with Crippen molar-refractivity contribution in [2.45, 2.75) is 412 Å². The van der Waals surface area contributed by atoms with Crippen LogP contribution in [0.15, 0.2) is 36.5 Å². The molecule has 6 nitrogen and oxygen atoms in total. The number of hydrogen-bond acceptors (Lipinski definition) is 6. The van der Waals surface area contributed by atoms with Crippen molar-refractivity contribution in [3.05, 3.63) is 36.5 Å². The van der Waals surface area contributed by atoms with Gasteiger partial charge in [-0.05, 0) is 77.0 Å². The van der Waals surface area contributed by atoms with Crippen LogP contribution in [0.25, 0.3) is 0 Å². The molecule has 0 saturated heterocycles. The highest BCUT2D eigenvalue weighted by atomic mass is 16.6. The van der Waals surface area contributed by atoms with Crippen molar-refractivity contribution >= 4 is 17.9 Å². The molecule has 0 N–H and O–H groups in total. The topological polar surface area (TPSA) is 78.9 Å². The van der Waals surface area contributed by atoms with E-state index in [-0.39, 0.29) is 31.1 Å². The zero-order chi connectivity index (χ0) is 58.5. The standard InChI is InChI=1S/C75H140O6/c1-4-7-10-13-16-19-21-23-25-27-29-31-33-34-35-36-37-38-39-40-42-43-45-47-49-51-53-56-59-62-65-68-74(77)80-71-72(70-79-73(76)67-64-61-58-55-18-15-12-9-6-3)81-75(78)69-66-63-60-57-54-52-50-48-46-44-41-32-30-28-26-24-22-20-17-14-11-8-5-2/h22,24,27-30,72H,4-21,23,25-26,31-71H2,1-3H3/b24-22-,29-27-,30-28-. The molecule has 0 saturated carbocycles. The minimum absolute atomic E-state index is 0.0673. The van der Waals surface area contributed by atoms with Crippen molar-refractivity contribution in [3.8, 4) is 0 Å². The molecule has 0 amide bonds. The summed E-state index contributed by atoms with van der Waals surface area (Å²) in [5.41, 5.74) is 0. The van der Waals surface area contributed by atoms with E-state index in [0.717, 1.165) is 64.2 Å². The van der Waals surface area contributed by atoms with E-state index < -0.39 is 6.10 Å². The average molecular weight is 1140 g/mol. The van der Waals surface area contributed by atoms with Gasteiger partial charge in [0, 0.05) is 19.3 Å². The van der Waals surface area contributed by atoms with Crippen molar-refractivity contribution in [2.24, 2.45) is 0 Å². The summed E-state index contributed by atoms with van der Waals surface area (Å²) in [7, 11) is 0. The molecule has 6 heteroatoms. The minimum atomic E-state index is -0.770. The number of carbonyl (C=O) groups excluding carboxylic acids is 3. The van der Waals surface area contributed by atoms with E-state index in [1.165, 1.54) is 302 Å². The first kappa shape index (κ1) is 78.6. The van der Waals surface area contributed by atoms with Crippen LogP contribution < -0.4 is 0 Å². The summed E-state index contributed by atoms with van der Waals surface area (Å²) in [5, 5.41) is 0. The van der Waals surface area contributed by atoms with E-state index in [4.69, 9.17) is 14.2 Å². The molecule has 0 radical (unpaired) electrons. The van der Waals surface area contributed by atoms with E-state index in [9.17, 15) is 14.4 Å². The Hall–Kier alpha value is -2.37. The number of ether oxygens (including phenoxy) is 3. The van der Waals surface area contributed by atoms with Gasteiger partial charge >= 0.3 is 17.9 Å². The molecule has 0 aliphatic rings. The lowest BCUT2D eigenvalue weighted by atomic mass is 10.0. The summed E-state index contributed by atoms with van der Waals surface area (Å²) in [6.45, 7) is 6.68. The Morgan fingerprint density at radius 1 is 0.247 bits per heavy atom. The van der Waals surface area contributed by atoms with Crippen LogP contribution in [0.2, 0.25) is 0 Å². The highest BCUT2D eigenvalue weighted by Crippen LogP contribution is 2.19. The molecular weight excluding hydrogens is 997 g/mol. The molecule has 0 heterocycles. The molecule has 0 bridgehead atoms. The molecule has 0 aliphatic carbocycles. The maximum Gasteiger partial charge on any atom is 0.306 e. The zero-order valence-corrected chi connectivity index (χ0v) is 54.8. The molecule has 0 aromatic rings. The minimum Gasteiger partial charge on any atom is -0.462 e. The third kappa shape index (κ3) is 68.3. The van der Waals surface area contributed by atoms with Crippen LogP contribution in [0, 0.1) is 0 Å². The van der Waals surface area contributed by atoms with Gasteiger partial charge in [0.15, 0.2) is 6.10 Å². The van der Waals surface area contributed by atoms with E-state index in [2.05, 4.69) is 57.2 Å². The molecule has 0 aromatic carbocycles. The van der Waals surface area contributed by atoms with E-state index in [0.29, 0.717) is 19.3 Å². The van der Waals surface area contributed by atoms with Crippen molar-refractivity contribution < 1.29 is 28.6 Å². The maximum atomic E-state index is 12.9. The molecule has 0 fully saturated rings. The number of hydrogen-bond donors (Lipinski definition) is 0. The first-order valence-electron chi connectivity index (χ1n) is 36.5. The Kier molecular flexibility index (Phi) is 68.1. The van der Waals surface area contributed by atoms with E-state index in [1.54, 1.807) is 0 Å². The first-order valence-corrected chi connectivity index (χ1v) is 36.5. The van der Waals surface area contributed by atoms with E-state index >= 15 is 0 Å². The highest BCUT2D eigenvalue weighted by molar-refractivity contribution is 5.71. The Morgan fingerprint density at radius 2 is 0.444 bits per heavy atom. The maximum absolute atomic E-state index is 12.9. The molecule has 1 unspecified atom stereocenters. The number of rotatable bonds is 68. The van der Waals surface area contributed by atoms with Gasteiger partial charge in [-0.25, -0.2) is 0 Å². The molecule has 0 spiro atoms. The molecule has 1 atom stereocenters. The normalized spacial score (nSPS) is 12.2. The predicted molar refractivity (Wildman–Crippen MR) is 353 cm³/mol. The smallest absolute Gasteiger partial charge is 0.306 e. The lowest BCUT2D eigenvalue weighted by Crippen LogP contribution is -2.30. The van der Waals surface area contributed by atoms with Gasteiger partial charge in [-0.1, -0.05) is 346 Å². The second kappa shape index (κ2) is 70.1. The summed E-state index contributed by atoms with van der Waals surface area (Å²) in [4.78, 5) is 38.3. The van der Waals surface area contributed by atoms with Crippen LogP contribution in [-0.2, 0) is 28.6 Å². The zero-order valence-electron chi connectivity index (χ0n) is 54.8. The number of allylic oxidation sites excluding steroid dienone is 6. The van der Waals surface area contributed by atoms with Gasteiger partial charge < -0.3 is 14.2 Å². The first-order chi connectivity index (χ1) is 40.0. The van der Waals surface area contributed by atoms with Crippen molar-refractivity contribution in [1.82, 2.24) is 0 Å². The van der Waals surface area contributed by atoms with Gasteiger partial charge in [0.2, 0.25) is 0 Å². The summed E-state index contributed by atoms with van der Waals surface area (Å²) in [6, 6.07) is 0. The molecule has 81 heavy (non-hydrogen) atoms. The third-order valence-electron chi connectivity index (χ3n) is 16.6. The summed E-state index contributed by atoms with van der Waals surface area (Å²) < 4.78 is 16.9. The third-order valence-corrected chi connectivity index (χ3v) is 16.6. The van der Waals surface area contributed by atoms with Crippen LogP contribution in [-0.4, -0.2) is 37.2 Å². The molecular formula is C75H140O6. The largest absolute Gasteiger partial charge is 0.462 e. The van der Waals surface area contributed by atoms with Crippen molar-refractivity contribution in [1.29, 1.82) is 0 Å². The quantitative estimate of drug-likeness (QED) is 0.0261. The highest BCUT2D eigenvalue weighted by Gasteiger charge is 2.19. The lowest BCUT2D eigenvalue weighted by Gasteiger charge is -2.18. The predicted octanol–water partition coefficient (Wildman–Crippen LogP) is 25.1. The molecule has 0 aromatic heterocycles. The molecule has 0 aliphatic heterocycles. The van der Waals surface area contributed by atoms with Crippen molar-refractivity contribution in [2.75, 3.05) is 13.2 Å². The molecule has 0 rings (SSSR count). The summed E-state index contributed by atoms with van der Waals surface area (Å²) >= 11 is 0. The molecule has 476 valence electrons. The Bertz CT molecular complexity index is 1350. The Balaban J connectivity index is 4.06. The van der Waals surface area contributed by atoms with Crippen LogP contribution in [0.5, 0.6) is 0 Å². The van der Waals surface area contributed by atoms with Crippen LogP contribution in [0.1, 0.15) is 406 Å². The van der Waals surface area contributed by atoms with Gasteiger partial charge in [-0.15, -0.1) is 0 Å². The number of carbonyl (C=O) groups is 3. The van der Waals surface area contributed by atoms with Gasteiger partial charge in [0.25, 0.3) is 0 Å². The van der Waals surface area contributed by atoms with Crippen LogP contribution in [0.4, 0.5) is 0 Å². The van der Waals surface area contributed by atoms with Crippen molar-refractivity contribution in [3.63, 3.8) is 0 Å². The monoisotopic (exact) mass is 1140 g/mol. The number of unbranched alkanes of at least 4 members (excludes halogenated alkanes) is 51. The fourth-order valence-corrected chi connectivity index (χ4v) is 11.1. The number of esters is 3. The van der Waals surface area contributed by atoms with Crippen LogP contribution >= 0.6 is 0 Å². The van der Waals surface area contributed by atoms with E-state index in [1.807, 2.05) is 0 Å². The fraction of sp³-hybridized carbons (Fsp3) is 0.880. The second-order valence-electron chi connectivity index (χ2n) is 24.9. The average Bonchev–Trinajstić information content (AvgIpc) is 3.47. The van der Waals surface area contributed by atoms with Gasteiger partial charge in [0.1, 0.15) is 13.2 Å². The summed E-state index contributed by atoms with van der Waals surface area (Å²) in [6.07, 6.45) is 87.7. The fourth-order valence-electron chi connectivity index (χ4n) is 11.1. The van der Waals surface area contributed by atoms with Gasteiger partial charge in [-0.2, -0.15) is 0 Å². The lowest BCUT2D eigenvalue weighted by molar-refractivity contribution is -0.167. The Morgan fingerprint density at radius 3 is 0.691 bits per heavy atom. The SMILES string of the molecule is CCCCCCC/C=C\C/C=C\CCCCCCCCCCCCCC(=O)OC(COC(=O)CCCCCCCCCCC)COC(=O)CCCCCCCCCCCCCCCCCCCCC/C=C\CCCCCCCCCC. The van der Waals surface area contributed by atoms with Crippen LogP contribution in [0.3, 0.4) is 0 Å². The summed E-state index contributed by atoms with van der Waals surface area (Å²) in [5.74, 6) is -0.844. The second-order valence-corrected chi connectivity index (χ2v) is 24.9. The Labute approximate surface area is 506 Å². The van der Waals surface area contributed by atoms with Gasteiger partial charge in [-0.3, -0.25) is 14.4 Å².